The standard InChI is InChI=1S/C21H26FN3O3/c1-14-9-15(2)25(23-14)19-4-3-17(22)10-16(19)11-24-12-18(20(26)27)21(13-24)5-7-28-8-6-21/h3-4,9-10,18H,5-8,11-13H2,1-2H3,(H,26,27). The summed E-state index contributed by atoms with van der Waals surface area (Å²) in [7, 11) is 0. The monoisotopic (exact) mass is 387 g/mol. The van der Waals surface area contributed by atoms with Gasteiger partial charge in [-0.05, 0) is 56.5 Å². The van der Waals surface area contributed by atoms with Crippen molar-refractivity contribution >= 4 is 5.97 Å². The van der Waals surface area contributed by atoms with E-state index in [2.05, 4.69) is 10.00 Å². The quantitative estimate of drug-likeness (QED) is 0.874. The van der Waals surface area contributed by atoms with Crippen LogP contribution in [0.4, 0.5) is 4.39 Å². The predicted molar refractivity (Wildman–Crippen MR) is 102 cm³/mol. The molecule has 2 aliphatic heterocycles. The largest absolute Gasteiger partial charge is 0.481 e. The third-order valence-electron chi connectivity index (χ3n) is 6.18. The number of carboxylic acid groups (broad SMARTS) is 1. The summed E-state index contributed by atoms with van der Waals surface area (Å²) in [6.45, 7) is 6.78. The number of hydrogen-bond acceptors (Lipinski definition) is 4. The van der Waals surface area contributed by atoms with E-state index in [4.69, 9.17) is 4.74 Å². The highest BCUT2D eigenvalue weighted by molar-refractivity contribution is 5.72. The lowest BCUT2D eigenvalue weighted by Gasteiger charge is -2.36. The molecule has 2 saturated heterocycles. The molecule has 0 radical (unpaired) electrons. The molecule has 1 aromatic carbocycles. The molecule has 1 N–H and O–H groups in total. The molecular formula is C21H26FN3O3. The average molecular weight is 387 g/mol. The van der Waals surface area contributed by atoms with Crippen LogP contribution in [0.5, 0.6) is 0 Å². The number of ether oxygens (including phenoxy) is 1. The molecule has 3 heterocycles. The summed E-state index contributed by atoms with van der Waals surface area (Å²) in [5.74, 6) is -1.46. The molecule has 2 aromatic rings. The Balaban J connectivity index is 1.63. The fourth-order valence-electron chi connectivity index (χ4n) is 4.82. The van der Waals surface area contributed by atoms with Crippen molar-refractivity contribution in [2.75, 3.05) is 26.3 Å². The van der Waals surface area contributed by atoms with Gasteiger partial charge in [0.25, 0.3) is 0 Å². The van der Waals surface area contributed by atoms with Gasteiger partial charge >= 0.3 is 5.97 Å². The van der Waals surface area contributed by atoms with E-state index in [0.717, 1.165) is 35.5 Å². The summed E-state index contributed by atoms with van der Waals surface area (Å²) < 4.78 is 21.3. The second-order valence-electron chi connectivity index (χ2n) is 8.15. The van der Waals surface area contributed by atoms with Gasteiger partial charge in [-0.25, -0.2) is 9.07 Å². The third-order valence-corrected chi connectivity index (χ3v) is 6.18. The van der Waals surface area contributed by atoms with Crippen LogP contribution in [0, 0.1) is 31.0 Å². The first kappa shape index (κ1) is 19.1. The molecule has 150 valence electrons. The maximum Gasteiger partial charge on any atom is 0.308 e. The number of aryl methyl sites for hydroxylation is 2. The number of nitrogens with zero attached hydrogens (tertiary/aromatic N) is 3. The Morgan fingerprint density at radius 3 is 2.71 bits per heavy atom. The molecule has 1 unspecified atom stereocenters. The molecule has 1 spiro atoms. The molecule has 1 aromatic heterocycles. The van der Waals surface area contributed by atoms with Crippen molar-refractivity contribution in [1.29, 1.82) is 0 Å². The van der Waals surface area contributed by atoms with Gasteiger partial charge in [0.15, 0.2) is 0 Å². The first-order valence-electron chi connectivity index (χ1n) is 9.73. The van der Waals surface area contributed by atoms with E-state index in [-0.39, 0.29) is 11.2 Å². The van der Waals surface area contributed by atoms with Gasteiger partial charge in [-0.15, -0.1) is 0 Å². The van der Waals surface area contributed by atoms with E-state index in [1.807, 2.05) is 24.6 Å². The van der Waals surface area contributed by atoms with Gasteiger partial charge in [0, 0.05) is 44.0 Å². The van der Waals surface area contributed by atoms with E-state index >= 15 is 0 Å². The number of carbonyl (C=O) groups is 1. The molecule has 0 bridgehead atoms. The Kier molecular flexibility index (Phi) is 4.97. The van der Waals surface area contributed by atoms with Crippen molar-refractivity contribution in [3.63, 3.8) is 0 Å². The number of carboxylic acids is 1. The SMILES string of the molecule is Cc1cc(C)n(-c2ccc(F)cc2CN2CC(C(=O)O)C3(CCOCC3)C2)n1. The molecule has 1 atom stereocenters. The smallest absolute Gasteiger partial charge is 0.308 e. The zero-order valence-electron chi connectivity index (χ0n) is 16.3. The first-order valence-corrected chi connectivity index (χ1v) is 9.73. The summed E-state index contributed by atoms with van der Waals surface area (Å²) in [6.07, 6.45) is 1.52. The molecule has 7 heteroatoms. The molecule has 4 rings (SSSR count). The van der Waals surface area contributed by atoms with Crippen molar-refractivity contribution in [2.24, 2.45) is 11.3 Å². The lowest BCUT2D eigenvalue weighted by molar-refractivity contribution is -0.147. The maximum absolute atomic E-state index is 14.0. The molecule has 2 aliphatic rings. The van der Waals surface area contributed by atoms with Crippen LogP contribution in [0.3, 0.4) is 0 Å². The Morgan fingerprint density at radius 2 is 2.07 bits per heavy atom. The predicted octanol–water partition coefficient (Wildman–Crippen LogP) is 2.94. The molecule has 0 amide bonds. The van der Waals surface area contributed by atoms with Crippen LogP contribution >= 0.6 is 0 Å². The second kappa shape index (κ2) is 7.29. The van der Waals surface area contributed by atoms with Gasteiger partial charge in [0.1, 0.15) is 5.82 Å². The molecule has 0 aliphatic carbocycles. The first-order chi connectivity index (χ1) is 13.4. The molecule has 0 saturated carbocycles. The normalized spacial score (nSPS) is 22.0. The number of hydrogen-bond donors (Lipinski definition) is 1. The number of aromatic nitrogens is 2. The van der Waals surface area contributed by atoms with Crippen LogP contribution in [0.15, 0.2) is 24.3 Å². The Labute approximate surface area is 163 Å². The van der Waals surface area contributed by atoms with Crippen LogP contribution < -0.4 is 0 Å². The summed E-state index contributed by atoms with van der Waals surface area (Å²) in [5, 5.41) is 14.3. The van der Waals surface area contributed by atoms with Crippen molar-refractivity contribution in [2.45, 2.75) is 33.2 Å². The lowest BCUT2D eigenvalue weighted by atomic mass is 9.72. The summed E-state index contributed by atoms with van der Waals surface area (Å²) in [5.41, 5.74) is 3.29. The Hall–Kier alpha value is -2.25. The van der Waals surface area contributed by atoms with Crippen LogP contribution in [0.2, 0.25) is 0 Å². The van der Waals surface area contributed by atoms with Crippen molar-refractivity contribution in [3.05, 3.63) is 47.0 Å². The number of likely N-dealkylation sites (tertiary alicyclic amines) is 1. The number of rotatable bonds is 4. The third kappa shape index (κ3) is 3.44. The topological polar surface area (TPSA) is 67.6 Å². The molecular weight excluding hydrogens is 361 g/mol. The van der Waals surface area contributed by atoms with Gasteiger partial charge in [-0.3, -0.25) is 9.69 Å². The van der Waals surface area contributed by atoms with Crippen molar-refractivity contribution < 1.29 is 19.0 Å². The highest BCUT2D eigenvalue weighted by Crippen LogP contribution is 2.45. The zero-order chi connectivity index (χ0) is 19.9. The molecule has 28 heavy (non-hydrogen) atoms. The van der Waals surface area contributed by atoms with Crippen LogP contribution in [0.1, 0.15) is 29.8 Å². The van der Waals surface area contributed by atoms with Gasteiger partial charge in [0.2, 0.25) is 0 Å². The van der Waals surface area contributed by atoms with E-state index in [1.54, 1.807) is 6.07 Å². The van der Waals surface area contributed by atoms with E-state index in [0.29, 0.717) is 32.8 Å². The fourth-order valence-corrected chi connectivity index (χ4v) is 4.82. The van der Waals surface area contributed by atoms with Gasteiger partial charge in [-0.2, -0.15) is 5.10 Å². The van der Waals surface area contributed by atoms with Crippen molar-refractivity contribution in [3.8, 4) is 5.69 Å². The second-order valence-corrected chi connectivity index (χ2v) is 8.15. The van der Waals surface area contributed by atoms with Gasteiger partial charge in [0.05, 0.1) is 17.3 Å². The fraction of sp³-hybridized carbons (Fsp3) is 0.524. The minimum absolute atomic E-state index is 0.254. The lowest BCUT2D eigenvalue weighted by Crippen LogP contribution is -2.40. The molecule has 2 fully saturated rings. The average Bonchev–Trinajstić information content (AvgIpc) is 3.15. The number of halogens is 1. The minimum atomic E-state index is -0.748. The number of benzene rings is 1. The van der Waals surface area contributed by atoms with Gasteiger partial charge in [-0.1, -0.05) is 0 Å². The highest BCUT2D eigenvalue weighted by Gasteiger charge is 2.50. The molecule has 6 nitrogen and oxygen atoms in total. The minimum Gasteiger partial charge on any atom is -0.481 e. The van der Waals surface area contributed by atoms with E-state index in [9.17, 15) is 14.3 Å². The van der Waals surface area contributed by atoms with Crippen LogP contribution in [-0.4, -0.2) is 52.1 Å². The van der Waals surface area contributed by atoms with Crippen molar-refractivity contribution in [1.82, 2.24) is 14.7 Å². The van der Waals surface area contributed by atoms with E-state index < -0.39 is 11.9 Å². The summed E-state index contributed by atoms with van der Waals surface area (Å²) >= 11 is 0. The zero-order valence-corrected chi connectivity index (χ0v) is 16.3. The summed E-state index contributed by atoms with van der Waals surface area (Å²) in [6, 6.07) is 6.72. The van der Waals surface area contributed by atoms with E-state index in [1.165, 1.54) is 12.1 Å². The van der Waals surface area contributed by atoms with Gasteiger partial charge < -0.3 is 9.84 Å². The summed E-state index contributed by atoms with van der Waals surface area (Å²) in [4.78, 5) is 14.1. The Morgan fingerprint density at radius 1 is 1.32 bits per heavy atom. The van der Waals surface area contributed by atoms with Crippen LogP contribution in [-0.2, 0) is 16.1 Å². The highest BCUT2D eigenvalue weighted by atomic mass is 19.1. The van der Waals surface area contributed by atoms with Crippen LogP contribution in [0.25, 0.3) is 5.69 Å². The Bertz CT molecular complexity index is 889. The maximum atomic E-state index is 14.0. The number of aliphatic carboxylic acids is 1.